The van der Waals surface area contributed by atoms with E-state index in [0.29, 0.717) is 11.7 Å². The fraction of sp³-hybridized carbons (Fsp3) is 0.778. The first-order chi connectivity index (χ1) is 6.77. The summed E-state index contributed by atoms with van der Waals surface area (Å²) in [6.07, 6.45) is 6.09. The molecule has 1 aromatic heterocycles. The maximum atomic E-state index is 10.8. The van der Waals surface area contributed by atoms with Crippen molar-refractivity contribution in [3.63, 3.8) is 0 Å². The molecule has 1 saturated carbocycles. The zero-order chi connectivity index (χ0) is 9.97. The van der Waals surface area contributed by atoms with Gasteiger partial charge in [0.25, 0.3) is 0 Å². The smallest absolute Gasteiger partial charge is 0.321 e. The minimum atomic E-state index is -0.272. The largest absolute Gasteiger partial charge is 0.340 e. The van der Waals surface area contributed by atoms with Gasteiger partial charge in [-0.25, -0.2) is 9.89 Å². The van der Waals surface area contributed by atoms with Gasteiger partial charge in [-0.05, 0) is 18.8 Å². The average molecular weight is 196 g/mol. The molecular formula is C9H16N4O. The highest BCUT2D eigenvalue weighted by Crippen LogP contribution is 2.30. The van der Waals surface area contributed by atoms with Crippen molar-refractivity contribution >= 4 is 0 Å². The molecule has 1 unspecified atom stereocenters. The zero-order valence-corrected chi connectivity index (χ0v) is 8.12. The van der Waals surface area contributed by atoms with E-state index >= 15 is 0 Å². The first-order valence-corrected chi connectivity index (χ1v) is 5.17. The maximum absolute atomic E-state index is 10.8. The Labute approximate surface area is 82.1 Å². The third-order valence-corrected chi connectivity index (χ3v) is 2.99. The summed E-state index contributed by atoms with van der Waals surface area (Å²) >= 11 is 0. The number of aromatic amines is 2. The molecule has 14 heavy (non-hydrogen) atoms. The van der Waals surface area contributed by atoms with Crippen molar-refractivity contribution in [1.82, 2.24) is 15.2 Å². The molecule has 4 N–H and O–H groups in total. The van der Waals surface area contributed by atoms with Crippen LogP contribution in [0.1, 0.15) is 44.0 Å². The lowest BCUT2D eigenvalue weighted by Crippen LogP contribution is -2.25. The highest BCUT2D eigenvalue weighted by molar-refractivity contribution is 4.94. The molecule has 1 heterocycles. The van der Waals surface area contributed by atoms with E-state index in [4.69, 9.17) is 5.73 Å². The van der Waals surface area contributed by atoms with E-state index < -0.39 is 0 Å². The molecule has 5 nitrogen and oxygen atoms in total. The Morgan fingerprint density at radius 2 is 2.07 bits per heavy atom. The van der Waals surface area contributed by atoms with Gasteiger partial charge in [-0.3, -0.25) is 4.98 Å². The van der Waals surface area contributed by atoms with E-state index in [1.54, 1.807) is 0 Å². The predicted octanol–water partition coefficient (Wildman–Crippen LogP) is 0.678. The number of rotatable bonds is 2. The molecule has 1 atom stereocenters. The monoisotopic (exact) mass is 196 g/mol. The van der Waals surface area contributed by atoms with Crippen LogP contribution in [0.5, 0.6) is 0 Å². The van der Waals surface area contributed by atoms with Crippen LogP contribution >= 0.6 is 0 Å². The number of hydrogen-bond donors (Lipinski definition) is 3. The Morgan fingerprint density at radius 1 is 1.36 bits per heavy atom. The fourth-order valence-corrected chi connectivity index (χ4v) is 2.16. The first-order valence-electron chi connectivity index (χ1n) is 5.17. The summed E-state index contributed by atoms with van der Waals surface area (Å²) in [7, 11) is 0. The third kappa shape index (κ3) is 1.87. The van der Waals surface area contributed by atoms with Crippen LogP contribution in [0.15, 0.2) is 4.79 Å². The number of nitrogens with two attached hydrogens (primary N) is 1. The van der Waals surface area contributed by atoms with E-state index in [1.165, 1.54) is 19.3 Å². The maximum Gasteiger partial charge on any atom is 0.340 e. The van der Waals surface area contributed by atoms with Gasteiger partial charge in [0, 0.05) is 0 Å². The van der Waals surface area contributed by atoms with E-state index in [1.807, 2.05) is 0 Å². The number of H-pyrrole nitrogens is 2. The van der Waals surface area contributed by atoms with Crippen LogP contribution in [-0.4, -0.2) is 15.2 Å². The summed E-state index contributed by atoms with van der Waals surface area (Å²) in [5, 5.41) is 6.22. The van der Waals surface area contributed by atoms with E-state index in [2.05, 4.69) is 15.2 Å². The second-order valence-electron chi connectivity index (χ2n) is 3.99. The van der Waals surface area contributed by atoms with Gasteiger partial charge in [0.1, 0.15) is 5.82 Å². The van der Waals surface area contributed by atoms with Crippen molar-refractivity contribution in [3.05, 3.63) is 16.3 Å². The molecule has 78 valence electrons. The van der Waals surface area contributed by atoms with Gasteiger partial charge in [0.2, 0.25) is 0 Å². The number of nitrogens with zero attached hydrogens (tertiary/aromatic N) is 1. The van der Waals surface area contributed by atoms with Gasteiger partial charge >= 0.3 is 5.69 Å². The molecule has 0 saturated heterocycles. The molecule has 1 aliphatic carbocycles. The molecule has 0 aromatic carbocycles. The topological polar surface area (TPSA) is 87.6 Å². The molecular weight excluding hydrogens is 180 g/mol. The van der Waals surface area contributed by atoms with Crippen molar-refractivity contribution < 1.29 is 0 Å². The second kappa shape index (κ2) is 3.96. The second-order valence-corrected chi connectivity index (χ2v) is 3.99. The van der Waals surface area contributed by atoms with Crippen LogP contribution in [0.25, 0.3) is 0 Å². The molecule has 1 aromatic rings. The van der Waals surface area contributed by atoms with E-state index in [0.717, 1.165) is 12.8 Å². The van der Waals surface area contributed by atoms with Gasteiger partial charge in [-0.2, -0.15) is 5.10 Å². The zero-order valence-electron chi connectivity index (χ0n) is 8.12. The molecule has 1 fully saturated rings. The Kier molecular flexibility index (Phi) is 2.67. The Balaban J connectivity index is 2.06. The van der Waals surface area contributed by atoms with E-state index in [-0.39, 0.29) is 11.7 Å². The molecule has 0 bridgehead atoms. The van der Waals surface area contributed by atoms with Crippen molar-refractivity contribution in [3.8, 4) is 0 Å². The lowest BCUT2D eigenvalue weighted by atomic mass is 9.84. The van der Waals surface area contributed by atoms with Crippen molar-refractivity contribution in [2.24, 2.45) is 11.7 Å². The van der Waals surface area contributed by atoms with Crippen LogP contribution in [0.4, 0.5) is 0 Å². The van der Waals surface area contributed by atoms with Crippen LogP contribution < -0.4 is 11.4 Å². The first kappa shape index (κ1) is 9.45. The molecule has 2 rings (SSSR count). The summed E-state index contributed by atoms with van der Waals surface area (Å²) in [6, 6.07) is -0.116. The van der Waals surface area contributed by atoms with Crippen LogP contribution in [0.2, 0.25) is 0 Å². The van der Waals surface area contributed by atoms with Gasteiger partial charge in [0.05, 0.1) is 6.04 Å². The van der Waals surface area contributed by atoms with Gasteiger partial charge in [-0.1, -0.05) is 19.3 Å². The number of hydrogen-bond acceptors (Lipinski definition) is 3. The Hall–Kier alpha value is -1.10. The summed E-state index contributed by atoms with van der Waals surface area (Å²) in [5.74, 6) is 1.07. The standard InChI is InChI=1S/C9H16N4O/c10-7(6-4-2-1-3-5-6)8-11-9(14)13-12-8/h6-7H,1-5,10H2,(H2,11,12,13,14). The Bertz CT molecular complexity index is 337. The predicted molar refractivity (Wildman–Crippen MR) is 52.7 cm³/mol. The van der Waals surface area contributed by atoms with Gasteiger partial charge in [0.15, 0.2) is 0 Å². The minimum Gasteiger partial charge on any atom is -0.321 e. The fourth-order valence-electron chi connectivity index (χ4n) is 2.16. The summed E-state index contributed by atoms with van der Waals surface area (Å²) in [4.78, 5) is 13.5. The third-order valence-electron chi connectivity index (χ3n) is 2.99. The van der Waals surface area contributed by atoms with Crippen molar-refractivity contribution in [2.75, 3.05) is 0 Å². The minimum absolute atomic E-state index is 0.116. The molecule has 0 radical (unpaired) electrons. The van der Waals surface area contributed by atoms with Gasteiger partial charge < -0.3 is 5.73 Å². The van der Waals surface area contributed by atoms with Crippen molar-refractivity contribution in [2.45, 2.75) is 38.1 Å². The highest BCUT2D eigenvalue weighted by atomic mass is 16.1. The molecule has 0 aliphatic heterocycles. The molecule has 0 amide bonds. The lowest BCUT2D eigenvalue weighted by Gasteiger charge is -2.25. The molecule has 1 aliphatic rings. The summed E-state index contributed by atoms with van der Waals surface area (Å²) < 4.78 is 0. The average Bonchev–Trinajstić information content (AvgIpc) is 2.65. The molecule has 5 heteroatoms. The van der Waals surface area contributed by atoms with Crippen LogP contribution in [0.3, 0.4) is 0 Å². The summed E-state index contributed by atoms with van der Waals surface area (Å²) in [6.45, 7) is 0. The lowest BCUT2D eigenvalue weighted by molar-refractivity contribution is 0.301. The quantitative estimate of drug-likeness (QED) is 0.650. The summed E-state index contributed by atoms with van der Waals surface area (Å²) in [5.41, 5.74) is 5.76. The SMILES string of the molecule is NC(c1n[nH]c(=O)[nH]1)C1CCCCC1. The number of aromatic nitrogens is 3. The van der Waals surface area contributed by atoms with Crippen molar-refractivity contribution in [1.29, 1.82) is 0 Å². The normalized spacial score (nSPS) is 20.9. The Morgan fingerprint density at radius 3 is 2.64 bits per heavy atom. The van der Waals surface area contributed by atoms with Crippen LogP contribution in [-0.2, 0) is 0 Å². The van der Waals surface area contributed by atoms with E-state index in [9.17, 15) is 4.79 Å². The number of nitrogens with one attached hydrogen (secondary N) is 2. The highest BCUT2D eigenvalue weighted by Gasteiger charge is 2.23. The van der Waals surface area contributed by atoms with Gasteiger partial charge in [-0.15, -0.1) is 0 Å². The van der Waals surface area contributed by atoms with Crippen LogP contribution in [0, 0.1) is 5.92 Å². The molecule has 0 spiro atoms.